The van der Waals surface area contributed by atoms with Crippen molar-refractivity contribution in [2.45, 2.75) is 87.8 Å². The molecule has 9 aromatic heterocycles. The predicted molar refractivity (Wildman–Crippen MR) is 390 cm³/mol. The van der Waals surface area contributed by atoms with E-state index in [-0.39, 0.29) is 49.1 Å². The normalized spacial score (nSPS) is 17.9. The second-order valence-electron chi connectivity index (χ2n) is 26.7. The molecule has 6 atom stereocenters. The lowest BCUT2D eigenvalue weighted by Crippen LogP contribution is -2.48. The van der Waals surface area contributed by atoms with Gasteiger partial charge in [-0.1, -0.05) is 72.8 Å². The number of aliphatic hydroxyl groups excluding tert-OH is 3. The number of carbonyl (C=O) groups is 3. The van der Waals surface area contributed by atoms with Crippen molar-refractivity contribution in [3.05, 3.63) is 233 Å². The van der Waals surface area contributed by atoms with Crippen LogP contribution in [-0.4, -0.2) is 170 Å². The third-order valence-electron chi connectivity index (χ3n) is 18.5. The molecule has 3 aliphatic rings. The first-order valence-electron chi connectivity index (χ1n) is 34.7. The largest absolute Gasteiger partial charge is 0.391 e. The first kappa shape index (κ1) is 71.0. The minimum Gasteiger partial charge on any atom is -0.391 e. The fourth-order valence-electron chi connectivity index (χ4n) is 12.9. The Morgan fingerprint density at radius 3 is 1.02 bits per heavy atom. The molecule has 2 aliphatic heterocycles. The molecule has 0 radical (unpaired) electrons. The highest BCUT2D eigenvalue weighted by Crippen LogP contribution is 2.28. The van der Waals surface area contributed by atoms with E-state index >= 15 is 0 Å². The molecule has 11 heterocycles. The van der Waals surface area contributed by atoms with Crippen LogP contribution in [-0.2, 0) is 71.0 Å². The van der Waals surface area contributed by atoms with E-state index < -0.39 is 18.3 Å². The Morgan fingerprint density at radius 1 is 0.375 bits per heavy atom. The molecule has 3 amide bonds. The summed E-state index contributed by atoms with van der Waals surface area (Å²) in [5.74, 6) is -0.899. The number of benzene rings is 3. The van der Waals surface area contributed by atoms with Gasteiger partial charge in [0.1, 0.15) is 28.5 Å². The number of ether oxygens (including phenoxy) is 2. The van der Waals surface area contributed by atoms with Gasteiger partial charge in [0.05, 0.1) is 90.0 Å². The summed E-state index contributed by atoms with van der Waals surface area (Å²) in [4.78, 5) is 53.0. The number of aromatic nitrogens is 15. The zero-order valence-electron chi connectivity index (χ0n) is 58.9. The number of pyridine rings is 3. The number of hydrogen-bond donors (Lipinski definition) is 6. The van der Waals surface area contributed by atoms with Gasteiger partial charge < -0.3 is 40.7 Å². The summed E-state index contributed by atoms with van der Waals surface area (Å²) in [6.07, 6.45) is 16.6. The first-order valence-corrected chi connectivity index (χ1v) is 34.7. The van der Waals surface area contributed by atoms with Gasteiger partial charge in [0.2, 0.25) is 0 Å². The molecular formula is C78H84N18O8. The third kappa shape index (κ3) is 18.1. The lowest BCUT2D eigenvalue weighted by molar-refractivity contribution is -0.0261. The third-order valence-corrected chi connectivity index (χ3v) is 18.5. The monoisotopic (exact) mass is 1400 g/mol. The van der Waals surface area contributed by atoms with Crippen LogP contribution in [0.2, 0.25) is 0 Å². The molecule has 3 aromatic carbocycles. The Hall–Kier alpha value is -11.4. The number of aryl methyl sites for hydroxylation is 6. The highest BCUT2D eigenvalue weighted by molar-refractivity contribution is 5.95. The van der Waals surface area contributed by atoms with Crippen LogP contribution in [0, 0.1) is 0 Å². The van der Waals surface area contributed by atoms with Gasteiger partial charge >= 0.3 is 0 Å². The van der Waals surface area contributed by atoms with E-state index in [4.69, 9.17) is 9.47 Å². The zero-order valence-corrected chi connectivity index (χ0v) is 58.9. The van der Waals surface area contributed by atoms with Crippen LogP contribution < -0.4 is 16.0 Å². The van der Waals surface area contributed by atoms with Gasteiger partial charge in [-0.2, -0.15) is 30.6 Å². The number of aliphatic hydroxyl groups is 3. The van der Waals surface area contributed by atoms with Crippen LogP contribution in [0.25, 0.3) is 67.8 Å². The topological polar surface area (TPSA) is 312 Å². The van der Waals surface area contributed by atoms with Gasteiger partial charge in [-0.15, -0.1) is 0 Å². The molecule has 104 heavy (non-hydrogen) atoms. The second-order valence-corrected chi connectivity index (χ2v) is 26.7. The standard InChI is InChI=1S/2C26H28N6O3.C26H28N6O2/c1-31-10-7-20(29-31)19-5-3-17(4-6-19)13-18-14-23(21-8-11-32(2)30-21)27-24(15-18)26(34)28-22-9-12-35-16-25(22)33;1-31-9-7-21(30-31)19-5-3-17(4-6-19)11-18-12-23(20-14-27-32(2)15-20)28-24(13-18)26(34)29-22-8-10-35-16-25(22)33;1-31-12-10-20(29-31)19-8-6-17(7-9-19)14-18-15-23(21-11-13-32(2)30-21)27-24(16-18)26(34)28-22-4-3-5-25(22)33/h3-8,10-11,14-15,22,25,33H,9,12-13,16H2,1-2H3,(H,28,34);3-7,9,12-15,22,25,33H,8,10-11,16H2,1-2H3,(H,29,34);6-13,15-16,22,25,33H,3-5,14H2,1-2H3,(H,28,34)/t3*22-,25-/m000/s1. The molecule has 15 rings (SSSR count). The van der Waals surface area contributed by atoms with Gasteiger partial charge in [-0.25, -0.2) is 15.0 Å². The summed E-state index contributed by atoms with van der Waals surface area (Å²) in [5, 5.41) is 65.8. The number of amides is 3. The Bertz CT molecular complexity index is 4730. The maximum atomic E-state index is 13.1. The molecule has 12 aromatic rings. The molecular weight excluding hydrogens is 1320 g/mol. The molecule has 0 unspecified atom stereocenters. The summed E-state index contributed by atoms with van der Waals surface area (Å²) in [6, 6.07) is 45.0. The lowest BCUT2D eigenvalue weighted by atomic mass is 10.0. The average molecular weight is 1400 g/mol. The molecule has 0 bridgehead atoms. The Kier molecular flexibility index (Phi) is 22.0. The Balaban J connectivity index is 0.000000139. The van der Waals surface area contributed by atoms with Gasteiger partial charge in [0, 0.05) is 115 Å². The molecule has 6 N–H and O–H groups in total. The fourth-order valence-corrected chi connectivity index (χ4v) is 12.9. The van der Waals surface area contributed by atoms with Crippen molar-refractivity contribution < 1.29 is 39.2 Å². The first-order chi connectivity index (χ1) is 50.3. The number of hydrogen-bond acceptors (Lipinski definition) is 17. The number of rotatable bonds is 18. The Labute approximate surface area is 601 Å². The van der Waals surface area contributed by atoms with Crippen molar-refractivity contribution in [3.63, 3.8) is 0 Å². The molecule has 3 fully saturated rings. The minimum atomic E-state index is -0.733. The smallest absolute Gasteiger partial charge is 0.270 e. The predicted octanol–water partition coefficient (Wildman–Crippen LogP) is 7.82. The highest BCUT2D eigenvalue weighted by Gasteiger charge is 2.30. The van der Waals surface area contributed by atoms with Crippen LogP contribution in [0.4, 0.5) is 0 Å². The average Bonchev–Trinajstić information content (AvgIpc) is 1.20. The van der Waals surface area contributed by atoms with Crippen molar-refractivity contribution in [1.29, 1.82) is 0 Å². The molecule has 2 saturated heterocycles. The summed E-state index contributed by atoms with van der Waals surface area (Å²) in [6.45, 7) is 1.44. The molecule has 0 spiro atoms. The second kappa shape index (κ2) is 32.3. The van der Waals surface area contributed by atoms with E-state index in [2.05, 4.69) is 134 Å². The lowest BCUT2D eigenvalue weighted by Gasteiger charge is -2.28. The van der Waals surface area contributed by atoms with E-state index in [1.807, 2.05) is 140 Å². The van der Waals surface area contributed by atoms with E-state index in [1.54, 1.807) is 40.4 Å². The van der Waals surface area contributed by atoms with Gasteiger partial charge in [0.25, 0.3) is 17.7 Å². The van der Waals surface area contributed by atoms with Crippen molar-refractivity contribution in [2.75, 3.05) is 26.4 Å². The Morgan fingerprint density at radius 2 is 0.712 bits per heavy atom. The number of carbonyl (C=O) groups excluding carboxylic acids is 3. The summed E-state index contributed by atoms with van der Waals surface area (Å²) in [7, 11) is 11.2. The van der Waals surface area contributed by atoms with Crippen LogP contribution in [0.1, 0.15) is 97.0 Å². The maximum absolute atomic E-state index is 13.1. The van der Waals surface area contributed by atoms with Crippen LogP contribution >= 0.6 is 0 Å². The van der Waals surface area contributed by atoms with Gasteiger partial charge in [0.15, 0.2) is 0 Å². The molecule has 1 saturated carbocycles. The van der Waals surface area contributed by atoms with E-state index in [1.165, 1.54) is 0 Å². The van der Waals surface area contributed by atoms with Gasteiger partial charge in [-0.3, -0.25) is 42.5 Å². The quantitative estimate of drug-likeness (QED) is 0.0477. The van der Waals surface area contributed by atoms with Crippen molar-refractivity contribution in [2.24, 2.45) is 42.3 Å². The fraction of sp³-hybridized carbons (Fsp3) is 0.308. The van der Waals surface area contributed by atoms with Crippen LogP contribution in [0.3, 0.4) is 0 Å². The molecule has 1 aliphatic carbocycles. The highest BCUT2D eigenvalue weighted by atomic mass is 16.5. The molecule has 26 heteroatoms. The molecule has 534 valence electrons. The maximum Gasteiger partial charge on any atom is 0.270 e. The minimum absolute atomic E-state index is 0.214. The SMILES string of the molecule is Cn1cc(-c2cc(Cc3ccc(-c4ccn(C)n4)cc3)cc(C(=O)N[C@H]3CCOC[C@@H]3O)n2)cn1.Cn1ccc(-c2ccc(Cc3cc(C(=O)N[C@H]4CCC[C@@H]4O)nc(-c4ccn(C)n4)c3)cc2)n1.Cn1ccc(-c2ccc(Cc3cc(C(=O)N[C@H]4CCOC[C@@H]4O)nc(-c4ccn(C)n4)c3)cc2)n1. The van der Waals surface area contributed by atoms with Crippen LogP contribution in [0.15, 0.2) is 183 Å². The number of nitrogens with zero attached hydrogens (tertiary/aromatic N) is 15. The summed E-state index contributed by atoms with van der Waals surface area (Å²) < 4.78 is 21.0. The van der Waals surface area contributed by atoms with Crippen molar-refractivity contribution in [1.82, 2.24) is 89.6 Å². The zero-order chi connectivity index (χ0) is 72.4. The summed E-state index contributed by atoms with van der Waals surface area (Å²) >= 11 is 0. The van der Waals surface area contributed by atoms with Crippen LogP contribution in [0.5, 0.6) is 0 Å². The van der Waals surface area contributed by atoms with Gasteiger partial charge in [-0.05, 0) is 151 Å². The van der Waals surface area contributed by atoms with E-state index in [0.29, 0.717) is 97.3 Å². The van der Waals surface area contributed by atoms with E-state index in [9.17, 15) is 29.7 Å². The summed E-state index contributed by atoms with van der Waals surface area (Å²) in [5.41, 5.74) is 17.3. The number of nitrogens with one attached hydrogen (secondary N) is 3. The molecule has 26 nitrogen and oxygen atoms in total. The van der Waals surface area contributed by atoms with Crippen molar-refractivity contribution >= 4 is 17.7 Å². The van der Waals surface area contributed by atoms with E-state index in [0.717, 1.165) is 85.6 Å². The van der Waals surface area contributed by atoms with Crippen molar-refractivity contribution in [3.8, 4) is 67.8 Å².